The zero-order chi connectivity index (χ0) is 13.1. The molecule has 0 aliphatic heterocycles. The van der Waals surface area contributed by atoms with Crippen molar-refractivity contribution in [2.75, 3.05) is 19.9 Å². The molecule has 0 spiro atoms. The summed E-state index contributed by atoms with van der Waals surface area (Å²) in [6.07, 6.45) is 1.11. The van der Waals surface area contributed by atoms with Crippen molar-refractivity contribution < 1.29 is 13.2 Å². The van der Waals surface area contributed by atoms with Crippen molar-refractivity contribution in [3.05, 3.63) is 34.9 Å². The van der Waals surface area contributed by atoms with E-state index in [1.165, 1.54) is 7.11 Å². The lowest BCUT2D eigenvalue weighted by molar-refractivity contribution is 0.00702. The summed E-state index contributed by atoms with van der Waals surface area (Å²) in [6, 6.07) is 7.16. The van der Waals surface area contributed by atoms with Crippen LogP contribution in [-0.2, 0) is 20.4 Å². The van der Waals surface area contributed by atoms with Gasteiger partial charge in [-0.1, -0.05) is 23.7 Å². The minimum absolute atomic E-state index is 0.155. The number of benzene rings is 1. The number of halogens is 1. The van der Waals surface area contributed by atoms with E-state index in [0.29, 0.717) is 5.02 Å². The van der Waals surface area contributed by atoms with Crippen LogP contribution in [0.2, 0.25) is 5.02 Å². The number of methoxy groups -OCH3 is 1. The van der Waals surface area contributed by atoms with Crippen molar-refractivity contribution in [3.8, 4) is 0 Å². The average Bonchev–Trinajstić information content (AvgIpc) is 2.25. The van der Waals surface area contributed by atoms with Crippen LogP contribution in [0.5, 0.6) is 0 Å². The second-order valence-electron chi connectivity index (χ2n) is 4.04. The second-order valence-corrected chi connectivity index (χ2v) is 6.31. The van der Waals surface area contributed by atoms with Crippen LogP contribution in [0.3, 0.4) is 0 Å². The van der Waals surface area contributed by atoms with Gasteiger partial charge in [0.25, 0.3) is 0 Å². The van der Waals surface area contributed by atoms with Gasteiger partial charge in [0.15, 0.2) is 0 Å². The minimum atomic E-state index is -3.25. The fraction of sp³-hybridized carbons (Fsp3) is 0.455. The summed E-state index contributed by atoms with van der Waals surface area (Å²) in [5, 5.41) is 0.588. The topological polar surface area (TPSA) is 55.4 Å². The van der Waals surface area contributed by atoms with Crippen LogP contribution in [0.1, 0.15) is 12.5 Å². The standard InChI is InChI=1S/C11H16ClNO3S/c1-11(16-2,8-13-17(3,14)15)9-5-4-6-10(12)7-9/h4-7,13H,8H2,1-3H3/t11-/m0/s1. The Morgan fingerprint density at radius 2 is 2.12 bits per heavy atom. The molecular weight excluding hydrogens is 262 g/mol. The van der Waals surface area contributed by atoms with Crippen LogP contribution in [0.15, 0.2) is 24.3 Å². The third-order valence-electron chi connectivity index (χ3n) is 2.56. The van der Waals surface area contributed by atoms with Crippen molar-refractivity contribution in [2.45, 2.75) is 12.5 Å². The lowest BCUT2D eigenvalue weighted by Gasteiger charge is -2.28. The van der Waals surface area contributed by atoms with Gasteiger partial charge in [-0.25, -0.2) is 13.1 Å². The Morgan fingerprint density at radius 1 is 1.47 bits per heavy atom. The van der Waals surface area contributed by atoms with Gasteiger partial charge in [0.1, 0.15) is 5.60 Å². The van der Waals surface area contributed by atoms with E-state index in [-0.39, 0.29) is 6.54 Å². The molecule has 1 atom stereocenters. The van der Waals surface area contributed by atoms with Crippen LogP contribution in [0.25, 0.3) is 0 Å². The fourth-order valence-corrected chi connectivity index (χ4v) is 2.11. The van der Waals surface area contributed by atoms with Gasteiger partial charge >= 0.3 is 0 Å². The van der Waals surface area contributed by atoms with Crippen molar-refractivity contribution in [2.24, 2.45) is 0 Å². The summed E-state index contributed by atoms with van der Waals surface area (Å²) in [6.45, 7) is 1.96. The maximum Gasteiger partial charge on any atom is 0.208 e. The molecule has 1 N–H and O–H groups in total. The summed E-state index contributed by atoms with van der Waals surface area (Å²) in [5.41, 5.74) is 0.0807. The first-order valence-electron chi connectivity index (χ1n) is 5.03. The normalized spacial score (nSPS) is 15.5. The van der Waals surface area contributed by atoms with Gasteiger partial charge in [0, 0.05) is 18.7 Å². The van der Waals surface area contributed by atoms with Crippen molar-refractivity contribution in [1.82, 2.24) is 4.72 Å². The Kier molecular flexibility index (Phi) is 4.55. The molecule has 0 bridgehead atoms. The lowest BCUT2D eigenvalue weighted by atomic mass is 9.96. The maximum absolute atomic E-state index is 11.1. The summed E-state index contributed by atoms with van der Waals surface area (Å²) in [5.74, 6) is 0. The molecule has 0 unspecified atom stereocenters. The van der Waals surface area contributed by atoms with Gasteiger partial charge in [-0.05, 0) is 24.6 Å². The second kappa shape index (κ2) is 5.35. The van der Waals surface area contributed by atoms with Crippen LogP contribution in [0, 0.1) is 0 Å². The highest BCUT2D eigenvalue weighted by Gasteiger charge is 2.27. The van der Waals surface area contributed by atoms with Gasteiger partial charge in [-0.2, -0.15) is 0 Å². The molecule has 4 nitrogen and oxygen atoms in total. The Labute approximate surface area is 107 Å². The highest BCUT2D eigenvalue weighted by Crippen LogP contribution is 2.26. The number of ether oxygens (including phenoxy) is 1. The number of hydrogen-bond acceptors (Lipinski definition) is 3. The number of rotatable bonds is 5. The van der Waals surface area contributed by atoms with Gasteiger partial charge in [0.2, 0.25) is 10.0 Å². The molecular formula is C11H16ClNO3S. The molecule has 0 heterocycles. The van der Waals surface area contributed by atoms with Crippen molar-refractivity contribution >= 4 is 21.6 Å². The van der Waals surface area contributed by atoms with Crippen LogP contribution in [-0.4, -0.2) is 28.3 Å². The summed E-state index contributed by atoms with van der Waals surface area (Å²) in [7, 11) is -1.72. The van der Waals surface area contributed by atoms with Crippen LogP contribution < -0.4 is 4.72 Å². The number of nitrogens with one attached hydrogen (secondary N) is 1. The van der Waals surface area contributed by atoms with E-state index >= 15 is 0 Å². The zero-order valence-electron chi connectivity index (χ0n) is 10.0. The third-order valence-corrected chi connectivity index (χ3v) is 3.46. The molecule has 0 fully saturated rings. The van der Waals surface area contributed by atoms with Gasteiger partial charge in [-0.15, -0.1) is 0 Å². The molecule has 0 aliphatic carbocycles. The molecule has 17 heavy (non-hydrogen) atoms. The Balaban J connectivity index is 2.96. The monoisotopic (exact) mass is 277 g/mol. The highest BCUT2D eigenvalue weighted by molar-refractivity contribution is 7.88. The quantitative estimate of drug-likeness (QED) is 0.892. The van der Waals surface area contributed by atoms with Gasteiger partial charge in [0.05, 0.1) is 6.26 Å². The molecule has 0 aromatic heterocycles. The molecule has 6 heteroatoms. The van der Waals surface area contributed by atoms with Crippen molar-refractivity contribution in [1.29, 1.82) is 0 Å². The number of sulfonamides is 1. The minimum Gasteiger partial charge on any atom is -0.372 e. The van der Waals surface area contributed by atoms with Crippen LogP contribution >= 0.6 is 11.6 Å². The first-order valence-corrected chi connectivity index (χ1v) is 7.29. The Morgan fingerprint density at radius 3 is 2.59 bits per heavy atom. The maximum atomic E-state index is 11.1. The van der Waals surface area contributed by atoms with E-state index < -0.39 is 15.6 Å². The lowest BCUT2D eigenvalue weighted by Crippen LogP contribution is -2.39. The predicted molar refractivity (Wildman–Crippen MR) is 68.7 cm³/mol. The Hall–Kier alpha value is -0.620. The van der Waals surface area contributed by atoms with E-state index in [1.807, 2.05) is 6.07 Å². The van der Waals surface area contributed by atoms with E-state index in [4.69, 9.17) is 16.3 Å². The summed E-state index contributed by atoms with van der Waals surface area (Å²) in [4.78, 5) is 0. The van der Waals surface area contributed by atoms with E-state index in [0.717, 1.165) is 11.8 Å². The first-order chi connectivity index (χ1) is 7.77. The number of hydrogen-bond donors (Lipinski definition) is 1. The molecule has 0 amide bonds. The molecule has 96 valence electrons. The predicted octanol–water partition coefficient (Wildman–Crippen LogP) is 1.75. The third kappa shape index (κ3) is 4.27. The fourth-order valence-electron chi connectivity index (χ4n) is 1.38. The Bertz CT molecular complexity index is 489. The van der Waals surface area contributed by atoms with Crippen LogP contribution in [0.4, 0.5) is 0 Å². The summed E-state index contributed by atoms with van der Waals surface area (Å²) < 4.78 is 30.0. The molecule has 1 rings (SSSR count). The van der Waals surface area contributed by atoms with E-state index in [2.05, 4.69) is 4.72 Å². The van der Waals surface area contributed by atoms with E-state index in [9.17, 15) is 8.42 Å². The molecule has 0 radical (unpaired) electrons. The van der Waals surface area contributed by atoms with Crippen molar-refractivity contribution in [3.63, 3.8) is 0 Å². The molecule has 0 saturated heterocycles. The van der Waals surface area contributed by atoms with Gasteiger partial charge in [-0.3, -0.25) is 0 Å². The zero-order valence-corrected chi connectivity index (χ0v) is 11.6. The van der Waals surface area contributed by atoms with Gasteiger partial charge < -0.3 is 4.74 Å². The first kappa shape index (κ1) is 14.4. The SMILES string of the molecule is CO[C@@](C)(CNS(C)(=O)=O)c1cccc(Cl)c1. The average molecular weight is 278 g/mol. The molecule has 1 aromatic rings. The molecule has 1 aromatic carbocycles. The largest absolute Gasteiger partial charge is 0.372 e. The summed E-state index contributed by atoms with van der Waals surface area (Å²) >= 11 is 5.90. The van der Waals surface area contributed by atoms with E-state index in [1.54, 1.807) is 25.1 Å². The molecule has 0 aliphatic rings. The highest BCUT2D eigenvalue weighted by atomic mass is 35.5. The smallest absolute Gasteiger partial charge is 0.208 e. The molecule has 0 saturated carbocycles.